The van der Waals surface area contributed by atoms with Crippen LogP contribution >= 0.6 is 0 Å². The molecule has 0 N–H and O–H groups in total. The number of hydrogen-bond acceptors (Lipinski definition) is 1. The van der Waals surface area contributed by atoms with Crippen molar-refractivity contribution in [3.8, 4) is 0 Å². The van der Waals surface area contributed by atoms with Gasteiger partial charge in [-0.3, -0.25) is 4.48 Å². The number of nitrogens with zero attached hydrogens (tertiary/aromatic N) is 2. The topological polar surface area (TPSA) is 23.8 Å². The minimum absolute atomic E-state index is 0.890. The quantitative estimate of drug-likeness (QED) is 0.457. The van der Waals surface area contributed by atoms with E-state index in [2.05, 4.69) is 45.4 Å². The van der Waals surface area contributed by atoms with Crippen molar-refractivity contribution in [2.75, 3.05) is 21.1 Å². The van der Waals surface area contributed by atoms with Crippen LogP contribution in [0.3, 0.4) is 0 Å². The Balaban J connectivity index is 0.000000561. The van der Waals surface area contributed by atoms with Crippen molar-refractivity contribution in [1.29, 1.82) is 5.26 Å². The van der Waals surface area contributed by atoms with Gasteiger partial charge in [0.2, 0.25) is 0 Å². The fraction of sp³-hybridized carbons (Fsp3) is 0.300. The molecule has 0 bridgehead atoms. The third-order valence-corrected chi connectivity index (χ3v) is 1.53. The van der Waals surface area contributed by atoms with Crippen LogP contribution in [0.25, 0.3) is 0 Å². The van der Waals surface area contributed by atoms with Gasteiger partial charge in [-0.15, -0.1) is 0 Å². The molecule has 0 heterocycles. The van der Waals surface area contributed by atoms with Gasteiger partial charge in [0, 0.05) is 0 Å². The van der Waals surface area contributed by atoms with Crippen LogP contribution in [0.2, 0.25) is 0 Å². The number of benzene rings is 1. The molecule has 0 aliphatic rings. The van der Waals surface area contributed by atoms with Gasteiger partial charge in [0.05, 0.1) is 21.1 Å². The molecule has 0 aliphatic heterocycles. The Morgan fingerprint density at radius 2 is 1.42 bits per heavy atom. The van der Waals surface area contributed by atoms with Crippen LogP contribution in [-0.2, 0) is 0 Å². The van der Waals surface area contributed by atoms with Crippen molar-refractivity contribution in [3.05, 3.63) is 36.9 Å². The Kier molecular flexibility index (Phi) is 4.03. The average molecular weight is 162 g/mol. The lowest BCUT2D eigenvalue weighted by Crippen LogP contribution is -2.34. The van der Waals surface area contributed by atoms with Crippen LogP contribution in [0.5, 0.6) is 0 Å². The maximum atomic E-state index is 6.25. The fourth-order valence-corrected chi connectivity index (χ4v) is 0.875. The monoisotopic (exact) mass is 162 g/mol. The molecule has 0 radical (unpaired) electrons. The molecular formula is C10H14N2. The lowest BCUT2D eigenvalue weighted by molar-refractivity contribution is 0.486. The van der Waals surface area contributed by atoms with Gasteiger partial charge in [0.15, 0.2) is 0 Å². The minimum Gasteiger partial charge on any atom is -0.512 e. The molecule has 0 saturated carbocycles. The summed E-state index contributed by atoms with van der Waals surface area (Å²) in [7, 11) is 6.49. The predicted molar refractivity (Wildman–Crippen MR) is 51.0 cm³/mol. The highest BCUT2D eigenvalue weighted by molar-refractivity contribution is 5.40. The van der Waals surface area contributed by atoms with E-state index in [0.717, 1.165) is 4.48 Å². The summed E-state index contributed by atoms with van der Waals surface area (Å²) in [5.41, 5.74) is 1.34. The van der Waals surface area contributed by atoms with Crippen LogP contribution in [-0.4, -0.2) is 21.1 Å². The van der Waals surface area contributed by atoms with E-state index in [-0.39, 0.29) is 0 Å². The molecule has 0 spiro atoms. The largest absolute Gasteiger partial charge is 0.512 e. The van der Waals surface area contributed by atoms with Crippen molar-refractivity contribution in [2.24, 2.45) is 0 Å². The molecule has 2 nitrogen and oxygen atoms in total. The highest BCUT2D eigenvalue weighted by Gasteiger charge is 2.08. The Morgan fingerprint density at radius 3 is 1.67 bits per heavy atom. The summed E-state index contributed by atoms with van der Waals surface area (Å²) >= 11 is 0. The zero-order valence-corrected chi connectivity index (χ0v) is 7.78. The van der Waals surface area contributed by atoms with Crippen LogP contribution in [0.4, 0.5) is 5.69 Å². The summed E-state index contributed by atoms with van der Waals surface area (Å²) in [4.78, 5) is 0. The summed E-state index contributed by atoms with van der Waals surface area (Å²) < 4.78 is 0.890. The Hall–Kier alpha value is -1.33. The zero-order chi connectivity index (χ0) is 9.61. The molecule has 0 atom stereocenters. The van der Waals surface area contributed by atoms with Gasteiger partial charge >= 0.3 is 0 Å². The maximum Gasteiger partial charge on any atom is 0.132 e. The van der Waals surface area contributed by atoms with Crippen molar-refractivity contribution in [2.45, 2.75) is 0 Å². The molecule has 12 heavy (non-hydrogen) atoms. The molecule has 1 aromatic carbocycles. The van der Waals surface area contributed by atoms with Crippen LogP contribution in [0, 0.1) is 11.8 Å². The molecule has 0 aliphatic carbocycles. The molecule has 0 saturated heterocycles. The second-order valence-corrected chi connectivity index (χ2v) is 3.35. The van der Waals surface area contributed by atoms with E-state index in [9.17, 15) is 0 Å². The number of para-hydroxylation sites is 1. The number of rotatable bonds is 1. The lowest BCUT2D eigenvalue weighted by atomic mass is 10.3. The van der Waals surface area contributed by atoms with E-state index in [1.807, 2.05) is 6.07 Å². The second-order valence-electron chi connectivity index (χ2n) is 3.35. The molecule has 1 aromatic rings. The summed E-state index contributed by atoms with van der Waals surface area (Å²) in [6.45, 7) is 4.75. The van der Waals surface area contributed by atoms with Gasteiger partial charge in [-0.1, -0.05) is 18.2 Å². The van der Waals surface area contributed by atoms with Gasteiger partial charge in [0.1, 0.15) is 5.69 Å². The zero-order valence-electron chi connectivity index (χ0n) is 7.78. The second kappa shape index (κ2) is 4.53. The van der Waals surface area contributed by atoms with E-state index in [4.69, 9.17) is 11.8 Å². The molecular weight excluding hydrogens is 148 g/mol. The van der Waals surface area contributed by atoms with Crippen LogP contribution in [0.15, 0.2) is 30.3 Å². The third kappa shape index (κ3) is 3.18. The molecule has 0 aromatic heterocycles. The Morgan fingerprint density at radius 1 is 1.00 bits per heavy atom. The number of quaternary nitrogens is 1. The minimum atomic E-state index is 0.890. The van der Waals surface area contributed by atoms with Crippen LogP contribution in [0.1, 0.15) is 0 Å². The van der Waals surface area contributed by atoms with Crippen molar-refractivity contribution >= 4 is 5.69 Å². The highest BCUT2D eigenvalue weighted by atomic mass is 15.3. The van der Waals surface area contributed by atoms with E-state index in [1.165, 1.54) is 5.69 Å². The first-order valence-electron chi connectivity index (χ1n) is 3.70. The van der Waals surface area contributed by atoms with Gasteiger partial charge in [-0.2, -0.15) is 0 Å². The predicted octanol–water partition coefficient (Wildman–Crippen LogP) is 1.98. The van der Waals surface area contributed by atoms with Crippen molar-refractivity contribution < 1.29 is 0 Å². The highest BCUT2D eigenvalue weighted by Crippen LogP contribution is 2.14. The van der Waals surface area contributed by atoms with Gasteiger partial charge in [-0.25, -0.2) is 0 Å². The Labute approximate surface area is 74.3 Å². The maximum absolute atomic E-state index is 6.25. The molecule has 0 unspecified atom stereocenters. The first-order valence-corrected chi connectivity index (χ1v) is 3.70. The molecule has 1 rings (SSSR count). The summed E-state index contributed by atoms with van der Waals surface area (Å²) in [6.07, 6.45) is 0. The van der Waals surface area contributed by atoms with Crippen molar-refractivity contribution in [3.63, 3.8) is 0 Å². The number of hydrogen-bond donors (Lipinski definition) is 0. The summed E-state index contributed by atoms with van der Waals surface area (Å²) in [5, 5.41) is 6.25. The van der Waals surface area contributed by atoms with Gasteiger partial charge < -0.3 is 11.8 Å². The molecule has 64 valence electrons. The first kappa shape index (κ1) is 10.7. The molecule has 2 heteroatoms. The van der Waals surface area contributed by atoms with E-state index in [0.29, 0.717) is 0 Å². The van der Waals surface area contributed by atoms with E-state index < -0.39 is 0 Å². The summed E-state index contributed by atoms with van der Waals surface area (Å²) in [6, 6.07) is 10.5. The van der Waals surface area contributed by atoms with Gasteiger partial charge in [-0.05, 0) is 12.1 Å². The van der Waals surface area contributed by atoms with Crippen molar-refractivity contribution in [1.82, 2.24) is 4.48 Å². The standard InChI is InChI=1S/C9H14N.CN/c1-10(2,3)9-7-5-4-6-8-9;1-2/h4-8H,1-3H3;/q+1;-1. The fourth-order valence-electron chi connectivity index (χ4n) is 0.875. The lowest BCUT2D eigenvalue weighted by Gasteiger charge is -2.22. The van der Waals surface area contributed by atoms with E-state index >= 15 is 0 Å². The smallest absolute Gasteiger partial charge is 0.132 e. The average Bonchev–Trinajstić information content (AvgIpc) is 2.08. The third-order valence-electron chi connectivity index (χ3n) is 1.53. The normalized spacial score (nSPS) is 9.75. The Bertz CT molecular complexity index is 231. The van der Waals surface area contributed by atoms with Crippen LogP contribution < -0.4 is 4.48 Å². The molecule has 0 amide bonds. The molecule has 0 fully saturated rings. The summed E-state index contributed by atoms with van der Waals surface area (Å²) in [5.74, 6) is 0. The first-order chi connectivity index (χ1) is 5.61. The van der Waals surface area contributed by atoms with E-state index in [1.54, 1.807) is 0 Å². The SMILES string of the molecule is C[N+](C)(C)c1ccccc1.[C-]#N. The van der Waals surface area contributed by atoms with Gasteiger partial charge in [0.25, 0.3) is 0 Å².